The first kappa shape index (κ1) is 15.2. The van der Waals surface area contributed by atoms with Crippen LogP contribution in [0.1, 0.15) is 36.2 Å². The summed E-state index contributed by atoms with van der Waals surface area (Å²) in [5.74, 6) is 0.921. The van der Waals surface area contributed by atoms with Gasteiger partial charge in [-0.3, -0.25) is 4.79 Å². The van der Waals surface area contributed by atoms with Crippen molar-refractivity contribution in [1.29, 1.82) is 0 Å². The molecule has 0 bridgehead atoms. The Hall–Kier alpha value is -0.710. The predicted molar refractivity (Wildman–Crippen MR) is 85.1 cm³/mol. The molecule has 1 amide bonds. The number of amides is 1. The van der Waals surface area contributed by atoms with Gasteiger partial charge in [-0.15, -0.1) is 0 Å². The van der Waals surface area contributed by atoms with Gasteiger partial charge in [0.1, 0.15) is 10.8 Å². The van der Waals surface area contributed by atoms with Gasteiger partial charge in [0, 0.05) is 26.2 Å². The number of carbonyl (C=O) groups is 1. The standard InChI is InChI=1S/C15H21Cl2N3O/c1-19-13(8-12(16)14(19)17)15(21)20-6-4-11(5-7-20)18-9-10-2-3-10/h8,10-11,18H,2-7,9H2,1H3. The zero-order chi connectivity index (χ0) is 15.0. The second-order valence-electron chi connectivity index (χ2n) is 6.15. The molecule has 1 saturated heterocycles. The van der Waals surface area contributed by atoms with Crippen molar-refractivity contribution in [2.75, 3.05) is 19.6 Å². The zero-order valence-electron chi connectivity index (χ0n) is 12.2. The van der Waals surface area contributed by atoms with Crippen molar-refractivity contribution in [1.82, 2.24) is 14.8 Å². The van der Waals surface area contributed by atoms with E-state index in [9.17, 15) is 4.79 Å². The summed E-state index contributed by atoms with van der Waals surface area (Å²) in [6.45, 7) is 2.73. The maximum absolute atomic E-state index is 12.5. The third-order valence-electron chi connectivity index (χ3n) is 4.51. The topological polar surface area (TPSA) is 37.3 Å². The summed E-state index contributed by atoms with van der Waals surface area (Å²) in [4.78, 5) is 14.4. The van der Waals surface area contributed by atoms with Gasteiger partial charge in [0.25, 0.3) is 5.91 Å². The quantitative estimate of drug-likeness (QED) is 0.922. The highest BCUT2D eigenvalue weighted by Crippen LogP contribution is 2.29. The van der Waals surface area contributed by atoms with Crippen LogP contribution in [-0.2, 0) is 7.05 Å². The summed E-state index contributed by atoms with van der Waals surface area (Å²) in [6, 6.07) is 2.21. The van der Waals surface area contributed by atoms with E-state index in [1.165, 1.54) is 12.8 Å². The van der Waals surface area contributed by atoms with Gasteiger partial charge in [0.05, 0.1) is 5.02 Å². The molecule has 2 heterocycles. The monoisotopic (exact) mass is 329 g/mol. The molecule has 0 atom stereocenters. The molecule has 1 aromatic heterocycles. The van der Waals surface area contributed by atoms with E-state index >= 15 is 0 Å². The fourth-order valence-corrected chi connectivity index (χ4v) is 3.23. The molecule has 1 aliphatic carbocycles. The molecule has 0 unspecified atom stereocenters. The summed E-state index contributed by atoms with van der Waals surface area (Å²) in [5, 5.41) is 4.47. The fraction of sp³-hybridized carbons (Fsp3) is 0.667. The molecule has 116 valence electrons. The smallest absolute Gasteiger partial charge is 0.270 e. The zero-order valence-corrected chi connectivity index (χ0v) is 13.8. The highest BCUT2D eigenvalue weighted by atomic mass is 35.5. The molecule has 6 heteroatoms. The highest BCUT2D eigenvalue weighted by molar-refractivity contribution is 6.41. The van der Waals surface area contributed by atoms with E-state index < -0.39 is 0 Å². The van der Waals surface area contributed by atoms with E-state index in [1.54, 1.807) is 17.7 Å². The molecule has 1 saturated carbocycles. The average molecular weight is 330 g/mol. The van der Waals surface area contributed by atoms with Gasteiger partial charge in [0.15, 0.2) is 0 Å². The molecule has 2 aliphatic rings. The molecule has 4 nitrogen and oxygen atoms in total. The Labute approximate surface area is 135 Å². The number of aromatic nitrogens is 1. The van der Waals surface area contributed by atoms with E-state index in [0.717, 1.165) is 38.4 Å². The summed E-state index contributed by atoms with van der Waals surface area (Å²) >= 11 is 12.0. The molecule has 3 rings (SSSR count). The third kappa shape index (κ3) is 3.38. The molecule has 1 N–H and O–H groups in total. The molecule has 0 aromatic carbocycles. The van der Waals surface area contributed by atoms with Crippen LogP contribution in [0.2, 0.25) is 10.2 Å². The summed E-state index contributed by atoms with van der Waals surface area (Å²) in [5.41, 5.74) is 0.564. The largest absolute Gasteiger partial charge is 0.337 e. The van der Waals surface area contributed by atoms with Crippen LogP contribution in [0.15, 0.2) is 6.07 Å². The Morgan fingerprint density at radius 3 is 2.48 bits per heavy atom. The van der Waals surface area contributed by atoms with Crippen LogP contribution in [0.25, 0.3) is 0 Å². The molecule has 1 aromatic rings. The van der Waals surface area contributed by atoms with Gasteiger partial charge in [0.2, 0.25) is 0 Å². The lowest BCUT2D eigenvalue weighted by Crippen LogP contribution is -2.45. The minimum absolute atomic E-state index is 0.0203. The van der Waals surface area contributed by atoms with E-state index in [4.69, 9.17) is 23.2 Å². The number of likely N-dealkylation sites (tertiary alicyclic amines) is 1. The van der Waals surface area contributed by atoms with Gasteiger partial charge < -0.3 is 14.8 Å². The highest BCUT2D eigenvalue weighted by Gasteiger charge is 2.27. The first-order valence-corrected chi connectivity index (χ1v) is 8.35. The van der Waals surface area contributed by atoms with Crippen LogP contribution >= 0.6 is 23.2 Å². The van der Waals surface area contributed by atoms with Gasteiger partial charge in [-0.2, -0.15) is 0 Å². The lowest BCUT2D eigenvalue weighted by molar-refractivity contribution is 0.0695. The van der Waals surface area contributed by atoms with Crippen molar-refractivity contribution < 1.29 is 4.79 Å². The number of nitrogens with one attached hydrogen (secondary N) is 1. The van der Waals surface area contributed by atoms with Crippen molar-refractivity contribution in [3.63, 3.8) is 0 Å². The predicted octanol–water partition coefficient (Wildman–Crippen LogP) is 2.94. The molecular formula is C15H21Cl2N3O. The summed E-state index contributed by atoms with van der Waals surface area (Å²) in [7, 11) is 1.77. The second kappa shape index (κ2) is 6.19. The lowest BCUT2D eigenvalue weighted by Gasteiger charge is -2.32. The van der Waals surface area contributed by atoms with Crippen molar-refractivity contribution in [3.8, 4) is 0 Å². The Morgan fingerprint density at radius 1 is 1.29 bits per heavy atom. The van der Waals surface area contributed by atoms with Crippen LogP contribution in [0, 0.1) is 5.92 Å². The minimum Gasteiger partial charge on any atom is -0.337 e. The molecule has 2 fully saturated rings. The maximum Gasteiger partial charge on any atom is 0.270 e. The maximum atomic E-state index is 12.5. The van der Waals surface area contributed by atoms with E-state index in [2.05, 4.69) is 5.32 Å². The number of halogens is 2. The van der Waals surface area contributed by atoms with E-state index in [0.29, 0.717) is 21.9 Å². The number of hydrogen-bond donors (Lipinski definition) is 1. The number of hydrogen-bond acceptors (Lipinski definition) is 2. The Morgan fingerprint density at radius 2 is 1.95 bits per heavy atom. The molecular weight excluding hydrogens is 309 g/mol. The Bertz CT molecular complexity index is 531. The number of rotatable bonds is 4. The van der Waals surface area contributed by atoms with Crippen molar-refractivity contribution >= 4 is 29.1 Å². The normalized spacial score (nSPS) is 20.0. The minimum atomic E-state index is 0.0203. The van der Waals surface area contributed by atoms with Gasteiger partial charge in [-0.05, 0) is 44.2 Å². The number of nitrogens with zero attached hydrogens (tertiary/aromatic N) is 2. The van der Waals surface area contributed by atoms with Crippen molar-refractivity contribution in [2.45, 2.75) is 31.7 Å². The molecule has 1 aliphatic heterocycles. The lowest BCUT2D eigenvalue weighted by atomic mass is 10.0. The molecule has 0 spiro atoms. The van der Waals surface area contributed by atoms with Crippen LogP contribution in [0.5, 0.6) is 0 Å². The van der Waals surface area contributed by atoms with Crippen LogP contribution in [0.4, 0.5) is 0 Å². The van der Waals surface area contributed by atoms with Gasteiger partial charge in [-0.1, -0.05) is 23.2 Å². The van der Waals surface area contributed by atoms with E-state index in [1.807, 2.05) is 4.90 Å². The van der Waals surface area contributed by atoms with Crippen molar-refractivity contribution in [2.24, 2.45) is 13.0 Å². The number of carbonyl (C=O) groups excluding carboxylic acids is 1. The van der Waals surface area contributed by atoms with Gasteiger partial charge in [-0.25, -0.2) is 0 Å². The second-order valence-corrected chi connectivity index (χ2v) is 6.91. The number of piperidine rings is 1. The molecule has 0 radical (unpaired) electrons. The summed E-state index contributed by atoms with van der Waals surface area (Å²) < 4.78 is 1.66. The van der Waals surface area contributed by atoms with Gasteiger partial charge >= 0.3 is 0 Å². The Balaban J connectivity index is 1.55. The molecule has 21 heavy (non-hydrogen) atoms. The average Bonchev–Trinajstić information content (AvgIpc) is 3.29. The third-order valence-corrected chi connectivity index (χ3v) is 5.35. The van der Waals surface area contributed by atoms with E-state index in [-0.39, 0.29) is 5.91 Å². The van der Waals surface area contributed by atoms with Crippen LogP contribution in [-0.4, -0.2) is 41.1 Å². The first-order chi connectivity index (χ1) is 10.1. The Kier molecular flexibility index (Phi) is 4.48. The fourth-order valence-electron chi connectivity index (χ4n) is 2.85. The van der Waals surface area contributed by atoms with Crippen molar-refractivity contribution in [3.05, 3.63) is 21.9 Å². The summed E-state index contributed by atoms with van der Waals surface area (Å²) in [6.07, 6.45) is 4.79. The van der Waals surface area contributed by atoms with Crippen LogP contribution in [0.3, 0.4) is 0 Å². The SMILES string of the molecule is Cn1c(C(=O)N2CCC(NCC3CC3)CC2)cc(Cl)c1Cl. The van der Waals surface area contributed by atoms with Crippen LogP contribution < -0.4 is 5.32 Å². The first-order valence-electron chi connectivity index (χ1n) is 7.59.